The SMILES string of the molecule is C=CCn1nc(C(=O)N2CCCCCC2)c2c1CC[C@H](NCc1ccccc1)C2. The van der Waals surface area contributed by atoms with E-state index in [1.807, 2.05) is 21.7 Å². The third kappa shape index (κ3) is 4.61. The molecule has 0 bridgehead atoms. The molecule has 1 atom stereocenters. The number of hydrogen-bond acceptors (Lipinski definition) is 3. The summed E-state index contributed by atoms with van der Waals surface area (Å²) in [6.07, 6.45) is 9.40. The van der Waals surface area contributed by atoms with Crippen LogP contribution in [0, 0.1) is 0 Å². The molecule has 154 valence electrons. The van der Waals surface area contributed by atoms with E-state index in [2.05, 4.69) is 36.2 Å². The number of nitrogens with zero attached hydrogens (tertiary/aromatic N) is 3. The van der Waals surface area contributed by atoms with Crippen molar-refractivity contribution in [2.45, 2.75) is 64.1 Å². The number of carbonyl (C=O) groups excluding carboxylic acids is 1. The van der Waals surface area contributed by atoms with E-state index < -0.39 is 0 Å². The lowest BCUT2D eigenvalue weighted by molar-refractivity contribution is 0.0753. The Morgan fingerprint density at radius 3 is 2.66 bits per heavy atom. The maximum Gasteiger partial charge on any atom is 0.274 e. The van der Waals surface area contributed by atoms with Crippen LogP contribution in [0.3, 0.4) is 0 Å². The summed E-state index contributed by atoms with van der Waals surface area (Å²) in [5, 5.41) is 8.46. The first-order valence-corrected chi connectivity index (χ1v) is 11.0. The molecule has 29 heavy (non-hydrogen) atoms. The van der Waals surface area contributed by atoms with E-state index in [0.717, 1.165) is 57.3 Å². The molecule has 0 radical (unpaired) electrons. The second-order valence-electron chi connectivity index (χ2n) is 8.26. The fraction of sp³-hybridized carbons (Fsp3) is 0.500. The van der Waals surface area contributed by atoms with Crippen molar-refractivity contribution in [3.05, 3.63) is 65.5 Å². The summed E-state index contributed by atoms with van der Waals surface area (Å²) in [7, 11) is 0. The van der Waals surface area contributed by atoms with Crippen molar-refractivity contribution in [2.24, 2.45) is 0 Å². The van der Waals surface area contributed by atoms with Gasteiger partial charge in [-0.1, -0.05) is 49.2 Å². The van der Waals surface area contributed by atoms with E-state index in [9.17, 15) is 4.79 Å². The highest BCUT2D eigenvalue weighted by Crippen LogP contribution is 2.27. The summed E-state index contributed by atoms with van der Waals surface area (Å²) in [5.41, 5.74) is 4.34. The number of allylic oxidation sites excluding steroid dienone is 1. The largest absolute Gasteiger partial charge is 0.337 e. The molecule has 2 aromatic rings. The van der Waals surface area contributed by atoms with Crippen molar-refractivity contribution in [2.75, 3.05) is 13.1 Å². The van der Waals surface area contributed by atoms with Gasteiger partial charge in [0.2, 0.25) is 0 Å². The number of benzene rings is 1. The lowest BCUT2D eigenvalue weighted by Crippen LogP contribution is -2.36. The topological polar surface area (TPSA) is 50.2 Å². The van der Waals surface area contributed by atoms with Crippen LogP contribution in [-0.4, -0.2) is 39.7 Å². The molecular weight excluding hydrogens is 360 g/mol. The van der Waals surface area contributed by atoms with E-state index in [1.54, 1.807) is 0 Å². The van der Waals surface area contributed by atoms with Gasteiger partial charge in [0.25, 0.3) is 5.91 Å². The molecule has 0 saturated carbocycles. The predicted molar refractivity (Wildman–Crippen MR) is 116 cm³/mol. The van der Waals surface area contributed by atoms with Gasteiger partial charge in [0.15, 0.2) is 5.69 Å². The average Bonchev–Trinajstić information content (AvgIpc) is 2.92. The zero-order valence-corrected chi connectivity index (χ0v) is 17.3. The van der Waals surface area contributed by atoms with Crippen LogP contribution in [-0.2, 0) is 25.9 Å². The maximum absolute atomic E-state index is 13.3. The minimum atomic E-state index is 0.120. The molecule has 1 fully saturated rings. The molecule has 5 heteroatoms. The monoisotopic (exact) mass is 392 g/mol. The fourth-order valence-corrected chi connectivity index (χ4v) is 4.59. The van der Waals surface area contributed by atoms with Crippen molar-refractivity contribution < 1.29 is 4.79 Å². The molecule has 1 N–H and O–H groups in total. The summed E-state index contributed by atoms with van der Waals surface area (Å²) in [4.78, 5) is 15.4. The van der Waals surface area contributed by atoms with E-state index in [4.69, 9.17) is 5.10 Å². The maximum atomic E-state index is 13.3. The van der Waals surface area contributed by atoms with Crippen LogP contribution in [0.4, 0.5) is 0 Å². The second-order valence-corrected chi connectivity index (χ2v) is 8.26. The Morgan fingerprint density at radius 1 is 1.17 bits per heavy atom. The molecule has 1 aromatic carbocycles. The first-order chi connectivity index (χ1) is 14.3. The molecule has 2 aliphatic rings. The van der Waals surface area contributed by atoms with E-state index in [1.165, 1.54) is 24.1 Å². The number of hydrogen-bond donors (Lipinski definition) is 1. The van der Waals surface area contributed by atoms with Gasteiger partial charge >= 0.3 is 0 Å². The van der Waals surface area contributed by atoms with E-state index >= 15 is 0 Å². The zero-order chi connectivity index (χ0) is 20.1. The predicted octanol–water partition coefficient (Wildman–Crippen LogP) is 3.73. The highest BCUT2D eigenvalue weighted by atomic mass is 16.2. The lowest BCUT2D eigenvalue weighted by atomic mass is 9.91. The fourth-order valence-electron chi connectivity index (χ4n) is 4.59. The smallest absolute Gasteiger partial charge is 0.274 e. The Balaban J connectivity index is 1.52. The van der Waals surface area contributed by atoms with Gasteiger partial charge in [-0.3, -0.25) is 9.48 Å². The van der Waals surface area contributed by atoms with Crippen LogP contribution in [0.25, 0.3) is 0 Å². The molecule has 5 nitrogen and oxygen atoms in total. The van der Waals surface area contributed by atoms with Crippen LogP contribution in [0.5, 0.6) is 0 Å². The van der Waals surface area contributed by atoms with Crippen LogP contribution < -0.4 is 5.32 Å². The molecule has 1 amide bonds. The van der Waals surface area contributed by atoms with Gasteiger partial charge in [-0.25, -0.2) is 0 Å². The molecule has 0 unspecified atom stereocenters. The van der Waals surface area contributed by atoms with Crippen molar-refractivity contribution in [1.82, 2.24) is 20.0 Å². The minimum Gasteiger partial charge on any atom is -0.337 e. The molecule has 2 heterocycles. The van der Waals surface area contributed by atoms with E-state index in [-0.39, 0.29) is 5.91 Å². The summed E-state index contributed by atoms with van der Waals surface area (Å²) in [6, 6.07) is 10.9. The van der Waals surface area contributed by atoms with Crippen LogP contribution in [0.2, 0.25) is 0 Å². The first-order valence-electron chi connectivity index (χ1n) is 11.0. The van der Waals surface area contributed by atoms with Crippen LogP contribution >= 0.6 is 0 Å². The Kier molecular flexibility index (Phi) is 6.45. The van der Waals surface area contributed by atoms with Gasteiger partial charge in [-0.2, -0.15) is 5.10 Å². The highest BCUT2D eigenvalue weighted by Gasteiger charge is 2.31. The van der Waals surface area contributed by atoms with Gasteiger partial charge in [-0.15, -0.1) is 6.58 Å². The molecule has 0 spiro atoms. The molecule has 1 aromatic heterocycles. The Morgan fingerprint density at radius 2 is 1.93 bits per heavy atom. The molecule has 1 saturated heterocycles. The number of fused-ring (bicyclic) bond motifs is 1. The summed E-state index contributed by atoms with van der Waals surface area (Å²) < 4.78 is 2.00. The number of carbonyl (C=O) groups is 1. The summed E-state index contributed by atoms with van der Waals surface area (Å²) in [5.74, 6) is 0.120. The molecule has 4 rings (SSSR count). The first kappa shape index (κ1) is 19.9. The van der Waals surface area contributed by atoms with Crippen molar-refractivity contribution in [3.63, 3.8) is 0 Å². The second kappa shape index (κ2) is 9.40. The molecular formula is C24H32N4O. The third-order valence-electron chi connectivity index (χ3n) is 6.18. The normalized spacial score (nSPS) is 19.4. The molecule has 1 aliphatic heterocycles. The number of amides is 1. The summed E-state index contributed by atoms with van der Waals surface area (Å²) >= 11 is 0. The van der Waals surface area contributed by atoms with Crippen molar-refractivity contribution in [1.29, 1.82) is 0 Å². The minimum absolute atomic E-state index is 0.120. The number of likely N-dealkylation sites (tertiary alicyclic amines) is 1. The number of rotatable bonds is 6. The van der Waals surface area contributed by atoms with Crippen LogP contribution in [0.1, 0.15) is 59.4 Å². The van der Waals surface area contributed by atoms with Crippen molar-refractivity contribution in [3.8, 4) is 0 Å². The number of nitrogens with one attached hydrogen (secondary N) is 1. The standard InChI is InChI=1S/C24H32N4O/c1-2-14-28-22-13-12-20(25-18-19-10-6-5-7-11-19)17-21(22)23(26-28)24(29)27-15-8-3-4-9-16-27/h2,5-7,10-11,20,25H,1,3-4,8-9,12-18H2/t20-/m0/s1. The Labute approximate surface area is 173 Å². The average molecular weight is 393 g/mol. The Hall–Kier alpha value is -2.40. The highest BCUT2D eigenvalue weighted by molar-refractivity contribution is 5.94. The van der Waals surface area contributed by atoms with Gasteiger partial charge in [0.1, 0.15) is 0 Å². The summed E-state index contributed by atoms with van der Waals surface area (Å²) in [6.45, 7) is 7.11. The van der Waals surface area contributed by atoms with Gasteiger partial charge in [0.05, 0.1) is 6.54 Å². The Bertz CT molecular complexity index is 834. The van der Waals surface area contributed by atoms with Gasteiger partial charge in [-0.05, 0) is 37.7 Å². The number of aromatic nitrogens is 2. The van der Waals surface area contributed by atoms with Gasteiger partial charge < -0.3 is 10.2 Å². The van der Waals surface area contributed by atoms with Gasteiger partial charge in [0, 0.05) is 36.9 Å². The third-order valence-corrected chi connectivity index (χ3v) is 6.18. The quantitative estimate of drug-likeness (QED) is 0.762. The lowest BCUT2D eigenvalue weighted by Gasteiger charge is -2.25. The zero-order valence-electron chi connectivity index (χ0n) is 17.3. The van der Waals surface area contributed by atoms with Crippen LogP contribution in [0.15, 0.2) is 43.0 Å². The van der Waals surface area contributed by atoms with E-state index in [0.29, 0.717) is 18.3 Å². The molecule has 1 aliphatic carbocycles. The van der Waals surface area contributed by atoms with Crippen molar-refractivity contribution >= 4 is 5.91 Å².